The highest BCUT2D eigenvalue weighted by molar-refractivity contribution is 7.17. The van der Waals surface area contributed by atoms with Crippen LogP contribution in [0.3, 0.4) is 0 Å². The lowest BCUT2D eigenvalue weighted by molar-refractivity contribution is 0.103. The number of aromatic nitrogens is 2. The lowest BCUT2D eigenvalue weighted by Crippen LogP contribution is -1.99. The fraction of sp³-hybridized carbons (Fsp3) is 0.100. The first kappa shape index (κ1) is 9.79. The van der Waals surface area contributed by atoms with Crippen molar-refractivity contribution in [3.8, 4) is 0 Å². The highest BCUT2D eigenvalue weighted by Gasteiger charge is 2.13. The minimum atomic E-state index is -0.0883. The van der Waals surface area contributed by atoms with Gasteiger partial charge >= 0.3 is 0 Å². The summed E-state index contributed by atoms with van der Waals surface area (Å²) in [5, 5.41) is 11.5. The second-order valence-electron chi connectivity index (χ2n) is 2.86. The zero-order chi connectivity index (χ0) is 10.7. The maximum absolute atomic E-state index is 11.9. The maximum Gasteiger partial charge on any atom is 0.223 e. The van der Waals surface area contributed by atoms with Gasteiger partial charge in [-0.2, -0.15) is 0 Å². The molecule has 1 heterocycles. The van der Waals surface area contributed by atoms with Crippen LogP contribution in [0.1, 0.15) is 15.4 Å². The molecule has 4 nitrogen and oxygen atoms in total. The molecule has 5 heteroatoms. The summed E-state index contributed by atoms with van der Waals surface area (Å²) in [5.41, 5.74) is 0.635. The first-order chi connectivity index (χ1) is 7.31. The van der Waals surface area contributed by atoms with Crippen molar-refractivity contribution in [3.05, 3.63) is 40.9 Å². The van der Waals surface area contributed by atoms with Crippen molar-refractivity contribution in [2.75, 3.05) is 12.4 Å². The van der Waals surface area contributed by atoms with Crippen molar-refractivity contribution in [3.63, 3.8) is 0 Å². The summed E-state index contributed by atoms with van der Waals surface area (Å²) in [6.45, 7) is 0. The lowest BCUT2D eigenvalue weighted by atomic mass is 10.1. The van der Waals surface area contributed by atoms with Gasteiger partial charge in [0.2, 0.25) is 10.9 Å². The quantitative estimate of drug-likeness (QED) is 0.800. The fourth-order valence-corrected chi connectivity index (χ4v) is 1.79. The summed E-state index contributed by atoms with van der Waals surface area (Å²) in [7, 11) is 1.75. The molecule has 0 unspecified atom stereocenters. The third-order valence-corrected chi connectivity index (χ3v) is 2.81. The summed E-state index contributed by atoms with van der Waals surface area (Å²) in [6.07, 6.45) is 0. The summed E-state index contributed by atoms with van der Waals surface area (Å²) < 4.78 is 0. The number of anilines is 1. The molecule has 0 fully saturated rings. The van der Waals surface area contributed by atoms with E-state index in [0.717, 1.165) is 0 Å². The third kappa shape index (κ3) is 2.02. The molecule has 2 aromatic rings. The Hall–Kier alpha value is -1.75. The van der Waals surface area contributed by atoms with E-state index in [9.17, 15) is 4.79 Å². The van der Waals surface area contributed by atoms with Gasteiger partial charge in [0.15, 0.2) is 5.01 Å². The Morgan fingerprint density at radius 3 is 2.60 bits per heavy atom. The van der Waals surface area contributed by atoms with Crippen LogP contribution in [0.4, 0.5) is 5.13 Å². The van der Waals surface area contributed by atoms with Crippen LogP contribution in [-0.4, -0.2) is 23.0 Å². The SMILES string of the molecule is CNc1nnc(C(=O)c2ccccc2)s1. The second-order valence-corrected chi connectivity index (χ2v) is 3.84. The van der Waals surface area contributed by atoms with Crippen LogP contribution >= 0.6 is 11.3 Å². The number of carbonyl (C=O) groups is 1. The Morgan fingerprint density at radius 1 is 1.27 bits per heavy atom. The molecule has 76 valence electrons. The minimum absolute atomic E-state index is 0.0883. The van der Waals surface area contributed by atoms with Gasteiger partial charge < -0.3 is 5.32 Å². The van der Waals surface area contributed by atoms with E-state index in [1.807, 2.05) is 18.2 Å². The van der Waals surface area contributed by atoms with E-state index in [4.69, 9.17) is 0 Å². The molecule has 1 N–H and O–H groups in total. The minimum Gasteiger partial charge on any atom is -0.363 e. The lowest BCUT2D eigenvalue weighted by Gasteiger charge is -1.94. The Morgan fingerprint density at radius 2 is 2.00 bits per heavy atom. The molecule has 1 aromatic heterocycles. The zero-order valence-corrected chi connectivity index (χ0v) is 8.91. The Kier molecular flexibility index (Phi) is 2.73. The van der Waals surface area contributed by atoms with E-state index in [1.54, 1.807) is 19.2 Å². The fourth-order valence-electron chi connectivity index (χ4n) is 1.13. The van der Waals surface area contributed by atoms with Crippen LogP contribution in [0.25, 0.3) is 0 Å². The average molecular weight is 219 g/mol. The van der Waals surface area contributed by atoms with Gasteiger partial charge in [-0.15, -0.1) is 10.2 Å². The monoisotopic (exact) mass is 219 g/mol. The Balaban J connectivity index is 2.29. The van der Waals surface area contributed by atoms with Gasteiger partial charge in [0.05, 0.1) is 0 Å². The molecule has 0 atom stereocenters. The maximum atomic E-state index is 11.9. The van der Waals surface area contributed by atoms with Crippen molar-refractivity contribution >= 4 is 22.3 Å². The first-order valence-electron chi connectivity index (χ1n) is 4.42. The van der Waals surface area contributed by atoms with Gasteiger partial charge in [-0.25, -0.2) is 0 Å². The van der Waals surface area contributed by atoms with E-state index in [2.05, 4.69) is 15.5 Å². The molecule has 0 saturated heterocycles. The van der Waals surface area contributed by atoms with E-state index >= 15 is 0 Å². The topological polar surface area (TPSA) is 54.9 Å². The van der Waals surface area contributed by atoms with Gasteiger partial charge in [0.25, 0.3) is 0 Å². The van der Waals surface area contributed by atoms with E-state index in [1.165, 1.54) is 11.3 Å². The molecule has 0 spiro atoms. The molecule has 0 bridgehead atoms. The number of nitrogens with zero attached hydrogens (tertiary/aromatic N) is 2. The highest BCUT2D eigenvalue weighted by Crippen LogP contribution is 2.17. The Labute approximate surface area is 91.0 Å². The van der Waals surface area contributed by atoms with Crippen LogP contribution in [-0.2, 0) is 0 Å². The van der Waals surface area contributed by atoms with Gasteiger partial charge in [-0.1, -0.05) is 41.7 Å². The predicted molar refractivity (Wildman–Crippen MR) is 59.3 cm³/mol. The molecular formula is C10H9N3OS. The molecule has 15 heavy (non-hydrogen) atoms. The third-order valence-electron chi connectivity index (χ3n) is 1.87. The highest BCUT2D eigenvalue weighted by atomic mass is 32.1. The van der Waals surface area contributed by atoms with Gasteiger partial charge in [0.1, 0.15) is 0 Å². The summed E-state index contributed by atoms with van der Waals surface area (Å²) in [4.78, 5) is 11.9. The number of benzene rings is 1. The van der Waals surface area contributed by atoms with Gasteiger partial charge in [-0.3, -0.25) is 4.79 Å². The average Bonchev–Trinajstić information content (AvgIpc) is 2.78. The second kappa shape index (κ2) is 4.18. The summed E-state index contributed by atoms with van der Waals surface area (Å²) in [5.74, 6) is -0.0883. The smallest absolute Gasteiger partial charge is 0.223 e. The van der Waals surface area contributed by atoms with E-state index in [0.29, 0.717) is 15.7 Å². The summed E-state index contributed by atoms with van der Waals surface area (Å²) >= 11 is 1.25. The van der Waals surface area contributed by atoms with Crippen LogP contribution in [0.2, 0.25) is 0 Å². The number of carbonyl (C=O) groups excluding carboxylic acids is 1. The molecule has 1 aromatic carbocycles. The molecular weight excluding hydrogens is 210 g/mol. The van der Waals surface area contributed by atoms with Crippen molar-refractivity contribution < 1.29 is 4.79 Å². The first-order valence-corrected chi connectivity index (χ1v) is 5.24. The van der Waals surface area contributed by atoms with Crippen molar-refractivity contribution in [2.45, 2.75) is 0 Å². The molecule has 0 saturated carbocycles. The molecule has 0 radical (unpaired) electrons. The predicted octanol–water partition coefficient (Wildman–Crippen LogP) is 1.81. The van der Waals surface area contributed by atoms with Crippen LogP contribution < -0.4 is 5.32 Å². The van der Waals surface area contributed by atoms with Crippen LogP contribution in [0.5, 0.6) is 0 Å². The molecule has 2 rings (SSSR count). The van der Waals surface area contributed by atoms with Crippen molar-refractivity contribution in [1.29, 1.82) is 0 Å². The Bertz CT molecular complexity index is 467. The standard InChI is InChI=1S/C10H9N3OS/c1-11-10-13-12-9(15-10)8(14)7-5-3-2-4-6-7/h2-6H,1H3,(H,11,13). The van der Waals surface area contributed by atoms with Gasteiger partial charge in [0, 0.05) is 12.6 Å². The van der Waals surface area contributed by atoms with Crippen molar-refractivity contribution in [1.82, 2.24) is 10.2 Å². The van der Waals surface area contributed by atoms with E-state index < -0.39 is 0 Å². The molecule has 0 aliphatic rings. The summed E-state index contributed by atoms with van der Waals surface area (Å²) in [6, 6.07) is 9.06. The van der Waals surface area contributed by atoms with E-state index in [-0.39, 0.29) is 5.78 Å². The molecule has 0 aliphatic carbocycles. The normalized spacial score (nSPS) is 9.93. The number of hydrogen-bond acceptors (Lipinski definition) is 5. The number of ketones is 1. The van der Waals surface area contributed by atoms with Crippen LogP contribution in [0.15, 0.2) is 30.3 Å². The molecule has 0 amide bonds. The van der Waals surface area contributed by atoms with Gasteiger partial charge in [-0.05, 0) is 0 Å². The molecule has 0 aliphatic heterocycles. The van der Waals surface area contributed by atoms with Crippen molar-refractivity contribution in [2.24, 2.45) is 0 Å². The number of hydrogen-bond donors (Lipinski definition) is 1. The van der Waals surface area contributed by atoms with Crippen LogP contribution in [0, 0.1) is 0 Å². The largest absolute Gasteiger partial charge is 0.363 e. The zero-order valence-electron chi connectivity index (χ0n) is 8.10. The number of rotatable bonds is 3. The number of nitrogens with one attached hydrogen (secondary N) is 1.